The fraction of sp³-hybridized carbons (Fsp3) is 0.500. The van der Waals surface area contributed by atoms with Crippen molar-refractivity contribution in [2.45, 2.75) is 45.2 Å². The monoisotopic (exact) mass is 373 g/mol. The highest BCUT2D eigenvalue weighted by Gasteiger charge is 2.32. The number of halogens is 1. The van der Waals surface area contributed by atoms with Crippen molar-refractivity contribution >= 4 is 22.7 Å². The van der Waals surface area contributed by atoms with Crippen LogP contribution in [0.4, 0.5) is 14.9 Å². The quantitative estimate of drug-likeness (QED) is 0.863. The maximum atomic E-state index is 15.0. The highest BCUT2D eigenvalue weighted by molar-refractivity contribution is 5.88. The van der Waals surface area contributed by atoms with Gasteiger partial charge in [0.1, 0.15) is 5.82 Å². The number of hydrogen-bond donors (Lipinski definition) is 2. The number of amides is 1. The van der Waals surface area contributed by atoms with Gasteiger partial charge in [-0.3, -0.25) is 4.79 Å². The molecule has 1 saturated heterocycles. The summed E-state index contributed by atoms with van der Waals surface area (Å²) in [7, 11) is 0. The summed E-state index contributed by atoms with van der Waals surface area (Å²) in [6.45, 7) is 4.98. The normalized spacial score (nSPS) is 20.9. The van der Waals surface area contributed by atoms with Crippen molar-refractivity contribution in [1.82, 2.24) is 9.88 Å². The van der Waals surface area contributed by atoms with Gasteiger partial charge >= 0.3 is 6.09 Å². The molecule has 0 spiro atoms. The van der Waals surface area contributed by atoms with E-state index in [4.69, 9.17) is 5.11 Å². The standard InChI is InChI=1S/C20H24FN3O3/c1-11-18-13(3-6-17(25)24(18)15-4-5-15)9-16(21)19(11)23-8-7-14(10-23)12(2)22-20(26)27/h3,6,9,12,14-15,22H,4-5,7-8,10H2,1-2H3,(H,26,27)/t12-,14+/m0/s1. The van der Waals surface area contributed by atoms with Gasteiger partial charge in [0, 0.05) is 36.6 Å². The van der Waals surface area contributed by atoms with E-state index < -0.39 is 6.09 Å². The van der Waals surface area contributed by atoms with Crippen LogP contribution in [0.15, 0.2) is 23.0 Å². The van der Waals surface area contributed by atoms with E-state index in [-0.39, 0.29) is 29.4 Å². The van der Waals surface area contributed by atoms with E-state index in [0.717, 1.165) is 35.7 Å². The van der Waals surface area contributed by atoms with Crippen LogP contribution in [0.3, 0.4) is 0 Å². The number of aryl methyl sites for hydroxylation is 1. The van der Waals surface area contributed by atoms with Gasteiger partial charge in [-0.05, 0) is 56.7 Å². The summed E-state index contributed by atoms with van der Waals surface area (Å²) in [5, 5.41) is 12.2. The molecule has 2 heterocycles. The number of anilines is 1. The number of nitrogens with one attached hydrogen (secondary N) is 1. The number of benzene rings is 1. The van der Waals surface area contributed by atoms with Crippen LogP contribution in [0, 0.1) is 18.7 Å². The summed E-state index contributed by atoms with van der Waals surface area (Å²) in [5.41, 5.74) is 2.10. The molecule has 1 aliphatic carbocycles. The Labute approximate surface area is 156 Å². The Balaban J connectivity index is 1.73. The van der Waals surface area contributed by atoms with Crippen LogP contribution >= 0.6 is 0 Å². The molecule has 4 rings (SSSR count). The van der Waals surface area contributed by atoms with E-state index in [1.165, 1.54) is 12.1 Å². The molecule has 1 saturated carbocycles. The van der Waals surface area contributed by atoms with Crippen LogP contribution in [0.2, 0.25) is 0 Å². The summed E-state index contributed by atoms with van der Waals surface area (Å²) >= 11 is 0. The first kappa shape index (κ1) is 17.8. The van der Waals surface area contributed by atoms with Crippen LogP contribution in [0.1, 0.15) is 37.8 Å². The minimum atomic E-state index is -1.04. The maximum absolute atomic E-state index is 15.0. The molecule has 2 fully saturated rings. The average molecular weight is 373 g/mol. The van der Waals surface area contributed by atoms with Crippen LogP contribution in [-0.4, -0.2) is 34.9 Å². The van der Waals surface area contributed by atoms with Crippen molar-refractivity contribution in [2.24, 2.45) is 5.92 Å². The zero-order valence-electron chi connectivity index (χ0n) is 15.5. The van der Waals surface area contributed by atoms with E-state index in [9.17, 15) is 14.0 Å². The fourth-order valence-corrected chi connectivity index (χ4v) is 4.37. The van der Waals surface area contributed by atoms with Crippen molar-refractivity contribution in [1.29, 1.82) is 0 Å². The van der Waals surface area contributed by atoms with E-state index in [2.05, 4.69) is 5.32 Å². The smallest absolute Gasteiger partial charge is 0.404 e. The number of rotatable bonds is 4. The molecule has 2 N–H and O–H groups in total. The van der Waals surface area contributed by atoms with Gasteiger partial charge in [0.05, 0.1) is 11.2 Å². The van der Waals surface area contributed by atoms with Gasteiger partial charge in [0.25, 0.3) is 5.56 Å². The van der Waals surface area contributed by atoms with Crippen molar-refractivity contribution in [3.63, 3.8) is 0 Å². The minimum Gasteiger partial charge on any atom is -0.465 e. The molecule has 2 aliphatic rings. The van der Waals surface area contributed by atoms with E-state index in [1.54, 1.807) is 6.07 Å². The second kappa shape index (κ2) is 6.55. The number of carboxylic acid groups (broad SMARTS) is 1. The third-order valence-corrected chi connectivity index (χ3v) is 5.89. The van der Waals surface area contributed by atoms with Gasteiger partial charge in [0.2, 0.25) is 0 Å². The summed E-state index contributed by atoms with van der Waals surface area (Å²) in [4.78, 5) is 25.3. The van der Waals surface area contributed by atoms with Gasteiger partial charge in [-0.25, -0.2) is 9.18 Å². The lowest BCUT2D eigenvalue weighted by Gasteiger charge is -2.25. The van der Waals surface area contributed by atoms with Crippen molar-refractivity contribution < 1.29 is 14.3 Å². The zero-order chi connectivity index (χ0) is 19.3. The second-order valence-electron chi connectivity index (χ2n) is 7.78. The van der Waals surface area contributed by atoms with Crippen LogP contribution in [0.25, 0.3) is 10.9 Å². The highest BCUT2D eigenvalue weighted by atomic mass is 19.1. The van der Waals surface area contributed by atoms with Gasteiger partial charge in [-0.2, -0.15) is 0 Å². The molecular formula is C20H24FN3O3. The second-order valence-corrected chi connectivity index (χ2v) is 7.78. The molecule has 1 aromatic carbocycles. The van der Waals surface area contributed by atoms with Gasteiger partial charge in [-0.1, -0.05) is 0 Å². The molecule has 0 bridgehead atoms. The summed E-state index contributed by atoms with van der Waals surface area (Å²) in [6.07, 6.45) is 1.72. The summed E-state index contributed by atoms with van der Waals surface area (Å²) in [5.74, 6) is -0.169. The number of aromatic nitrogens is 1. The Bertz CT molecular complexity index is 967. The number of fused-ring (bicyclic) bond motifs is 1. The molecule has 27 heavy (non-hydrogen) atoms. The molecule has 2 aromatic rings. The third-order valence-electron chi connectivity index (χ3n) is 5.89. The predicted octanol–water partition coefficient (Wildman–Crippen LogP) is 3.27. The molecule has 7 heteroatoms. The Morgan fingerprint density at radius 2 is 2.07 bits per heavy atom. The Morgan fingerprint density at radius 3 is 2.74 bits per heavy atom. The highest BCUT2D eigenvalue weighted by Crippen LogP contribution is 2.40. The molecule has 0 radical (unpaired) electrons. The van der Waals surface area contributed by atoms with Crippen molar-refractivity contribution in [2.75, 3.05) is 18.0 Å². The van der Waals surface area contributed by atoms with Crippen LogP contribution in [0.5, 0.6) is 0 Å². The summed E-state index contributed by atoms with van der Waals surface area (Å²) in [6, 6.07) is 4.75. The van der Waals surface area contributed by atoms with E-state index in [1.807, 2.05) is 23.3 Å². The fourth-order valence-electron chi connectivity index (χ4n) is 4.37. The predicted molar refractivity (Wildman–Crippen MR) is 102 cm³/mol. The molecule has 1 aromatic heterocycles. The SMILES string of the molecule is Cc1c(N2CC[C@@H]([C@H](C)NC(=O)O)C2)c(F)cc2ccc(=O)n(C3CC3)c12. The Hall–Kier alpha value is -2.57. The first-order chi connectivity index (χ1) is 12.9. The molecule has 0 unspecified atom stereocenters. The molecule has 1 aliphatic heterocycles. The zero-order valence-corrected chi connectivity index (χ0v) is 15.5. The van der Waals surface area contributed by atoms with Gasteiger partial charge in [0.15, 0.2) is 0 Å². The topological polar surface area (TPSA) is 74.6 Å². The number of pyridine rings is 1. The van der Waals surface area contributed by atoms with Crippen LogP contribution in [-0.2, 0) is 0 Å². The van der Waals surface area contributed by atoms with Crippen molar-refractivity contribution in [3.8, 4) is 0 Å². The van der Waals surface area contributed by atoms with Crippen molar-refractivity contribution in [3.05, 3.63) is 39.9 Å². The van der Waals surface area contributed by atoms with E-state index in [0.29, 0.717) is 18.8 Å². The molecule has 6 nitrogen and oxygen atoms in total. The average Bonchev–Trinajstić information content (AvgIpc) is 3.31. The maximum Gasteiger partial charge on any atom is 0.404 e. The number of nitrogens with zero attached hydrogens (tertiary/aromatic N) is 2. The Kier molecular flexibility index (Phi) is 4.32. The van der Waals surface area contributed by atoms with E-state index >= 15 is 0 Å². The molecule has 1 amide bonds. The molecule has 144 valence electrons. The Morgan fingerprint density at radius 1 is 1.33 bits per heavy atom. The number of carbonyl (C=O) groups is 1. The molecule has 2 atom stereocenters. The van der Waals surface area contributed by atoms with Gasteiger partial charge < -0.3 is 19.9 Å². The largest absolute Gasteiger partial charge is 0.465 e. The minimum absolute atomic E-state index is 0.0377. The lowest BCUT2D eigenvalue weighted by molar-refractivity contribution is 0.186. The first-order valence-electron chi connectivity index (χ1n) is 9.45. The third kappa shape index (κ3) is 3.15. The molecular weight excluding hydrogens is 349 g/mol. The van der Waals surface area contributed by atoms with Gasteiger partial charge in [-0.15, -0.1) is 0 Å². The summed E-state index contributed by atoms with van der Waals surface area (Å²) < 4.78 is 16.8. The lowest BCUT2D eigenvalue weighted by Crippen LogP contribution is -2.38. The lowest BCUT2D eigenvalue weighted by atomic mass is 10.0. The number of hydrogen-bond acceptors (Lipinski definition) is 3. The van der Waals surface area contributed by atoms with Crippen LogP contribution < -0.4 is 15.8 Å². The first-order valence-corrected chi connectivity index (χ1v) is 9.45.